The molecule has 5 nitrogen and oxygen atoms in total. The lowest BCUT2D eigenvalue weighted by atomic mass is 9.90. The van der Waals surface area contributed by atoms with E-state index in [1.165, 1.54) is 12.8 Å². The van der Waals surface area contributed by atoms with Crippen molar-refractivity contribution in [1.29, 1.82) is 0 Å². The van der Waals surface area contributed by atoms with Crippen molar-refractivity contribution >= 4 is 11.2 Å². The van der Waals surface area contributed by atoms with Gasteiger partial charge < -0.3 is 15.0 Å². The van der Waals surface area contributed by atoms with Gasteiger partial charge in [0.25, 0.3) is 0 Å². The van der Waals surface area contributed by atoms with Crippen LogP contribution in [0.1, 0.15) is 32.0 Å². The van der Waals surface area contributed by atoms with Crippen LogP contribution in [0.3, 0.4) is 0 Å². The molecule has 2 N–H and O–H groups in total. The highest BCUT2D eigenvalue weighted by molar-refractivity contribution is 5.71. The highest BCUT2D eigenvalue weighted by Crippen LogP contribution is 2.29. The molecule has 0 aliphatic carbocycles. The first kappa shape index (κ1) is 11.5. The van der Waals surface area contributed by atoms with Gasteiger partial charge in [-0.2, -0.15) is 4.98 Å². The molecule has 96 valence electrons. The van der Waals surface area contributed by atoms with Crippen LogP contribution in [0, 0.1) is 0 Å². The zero-order valence-corrected chi connectivity index (χ0v) is 10.8. The Labute approximate surface area is 106 Å². The van der Waals surface area contributed by atoms with E-state index in [0.29, 0.717) is 5.88 Å². The molecule has 2 aromatic rings. The van der Waals surface area contributed by atoms with Gasteiger partial charge in [0.15, 0.2) is 5.65 Å². The first-order valence-electron chi connectivity index (χ1n) is 6.37. The number of nitrogens with zero attached hydrogens (tertiary/aromatic N) is 2. The van der Waals surface area contributed by atoms with E-state index in [9.17, 15) is 0 Å². The molecule has 1 aliphatic rings. The van der Waals surface area contributed by atoms with Crippen LogP contribution in [-0.4, -0.2) is 28.6 Å². The summed E-state index contributed by atoms with van der Waals surface area (Å²) < 4.78 is 5.12. The molecule has 0 radical (unpaired) electrons. The number of imidazole rings is 1. The molecule has 0 aromatic carbocycles. The molecular weight excluding hydrogens is 228 g/mol. The van der Waals surface area contributed by atoms with Gasteiger partial charge in [-0.1, -0.05) is 0 Å². The molecular formula is C13H18N4O. The van der Waals surface area contributed by atoms with E-state index >= 15 is 0 Å². The molecule has 0 amide bonds. The van der Waals surface area contributed by atoms with Crippen LogP contribution in [0.25, 0.3) is 11.2 Å². The third-order valence-electron chi connectivity index (χ3n) is 3.67. The van der Waals surface area contributed by atoms with Crippen molar-refractivity contribution in [2.75, 3.05) is 13.7 Å². The lowest BCUT2D eigenvalue weighted by Crippen LogP contribution is -2.44. The number of pyridine rings is 1. The Bertz CT molecular complexity index is 557. The van der Waals surface area contributed by atoms with Crippen molar-refractivity contribution in [3.63, 3.8) is 0 Å². The van der Waals surface area contributed by atoms with E-state index in [2.05, 4.69) is 27.2 Å². The van der Waals surface area contributed by atoms with E-state index in [1.54, 1.807) is 7.11 Å². The van der Waals surface area contributed by atoms with Crippen molar-refractivity contribution in [2.45, 2.75) is 31.7 Å². The molecule has 0 bridgehead atoms. The van der Waals surface area contributed by atoms with Gasteiger partial charge >= 0.3 is 0 Å². The lowest BCUT2D eigenvalue weighted by Gasteiger charge is -2.32. The third-order valence-corrected chi connectivity index (χ3v) is 3.67. The highest BCUT2D eigenvalue weighted by Gasteiger charge is 2.31. The van der Waals surface area contributed by atoms with Crippen LogP contribution in [0.15, 0.2) is 12.1 Å². The van der Waals surface area contributed by atoms with Crippen molar-refractivity contribution in [2.24, 2.45) is 0 Å². The van der Waals surface area contributed by atoms with Gasteiger partial charge in [0.2, 0.25) is 5.88 Å². The summed E-state index contributed by atoms with van der Waals surface area (Å²) in [5.74, 6) is 1.57. The first-order valence-corrected chi connectivity index (χ1v) is 6.37. The first-order chi connectivity index (χ1) is 8.71. The molecule has 1 saturated heterocycles. The van der Waals surface area contributed by atoms with Gasteiger partial charge in [0, 0.05) is 6.07 Å². The number of aromatic amines is 1. The molecule has 0 spiro atoms. The van der Waals surface area contributed by atoms with Crippen LogP contribution >= 0.6 is 0 Å². The maximum Gasteiger partial charge on any atom is 0.215 e. The topological polar surface area (TPSA) is 62.8 Å². The lowest BCUT2D eigenvalue weighted by molar-refractivity contribution is 0.271. The maximum atomic E-state index is 5.12. The van der Waals surface area contributed by atoms with Gasteiger partial charge in [-0.05, 0) is 38.8 Å². The fourth-order valence-electron chi connectivity index (χ4n) is 2.51. The molecule has 3 heterocycles. The number of hydrogen-bond acceptors (Lipinski definition) is 4. The van der Waals surface area contributed by atoms with Crippen molar-refractivity contribution in [3.05, 3.63) is 18.0 Å². The molecule has 1 fully saturated rings. The highest BCUT2D eigenvalue weighted by atomic mass is 16.5. The summed E-state index contributed by atoms with van der Waals surface area (Å²) in [6, 6.07) is 3.81. The Hall–Kier alpha value is -1.62. The maximum absolute atomic E-state index is 5.12. The van der Waals surface area contributed by atoms with Crippen molar-refractivity contribution in [1.82, 2.24) is 20.3 Å². The fraction of sp³-hybridized carbons (Fsp3) is 0.538. The standard InChI is InChI=1S/C13H18N4O/c1-13(7-3-4-8-14-13)12-15-9-5-6-10(18-2)16-11(9)17-12/h5-6,14H,3-4,7-8H2,1-2H3,(H,15,16,17). The number of methoxy groups -OCH3 is 1. The summed E-state index contributed by atoms with van der Waals surface area (Å²) >= 11 is 0. The van der Waals surface area contributed by atoms with Gasteiger partial charge in [-0.15, -0.1) is 0 Å². The largest absolute Gasteiger partial charge is 0.481 e. The predicted octanol–water partition coefficient (Wildman–Crippen LogP) is 1.96. The quantitative estimate of drug-likeness (QED) is 0.850. The molecule has 18 heavy (non-hydrogen) atoms. The van der Waals surface area contributed by atoms with Crippen LogP contribution in [0.4, 0.5) is 0 Å². The Morgan fingerprint density at radius 1 is 1.28 bits per heavy atom. The van der Waals surface area contributed by atoms with E-state index in [0.717, 1.165) is 30.0 Å². The van der Waals surface area contributed by atoms with Crippen LogP contribution in [0.2, 0.25) is 0 Å². The van der Waals surface area contributed by atoms with Crippen molar-refractivity contribution < 1.29 is 4.74 Å². The van der Waals surface area contributed by atoms with E-state index in [4.69, 9.17) is 4.74 Å². The second-order valence-corrected chi connectivity index (χ2v) is 5.03. The van der Waals surface area contributed by atoms with Crippen LogP contribution in [-0.2, 0) is 5.54 Å². The number of aromatic nitrogens is 3. The zero-order valence-electron chi connectivity index (χ0n) is 10.8. The van der Waals surface area contributed by atoms with Gasteiger partial charge in [-0.3, -0.25) is 0 Å². The summed E-state index contributed by atoms with van der Waals surface area (Å²) in [5.41, 5.74) is 1.61. The van der Waals surface area contributed by atoms with Crippen LogP contribution in [0.5, 0.6) is 5.88 Å². The Balaban J connectivity index is 2.02. The summed E-state index contributed by atoms with van der Waals surface area (Å²) in [6.45, 7) is 3.24. The minimum atomic E-state index is -0.0633. The minimum absolute atomic E-state index is 0.0633. The number of nitrogens with one attached hydrogen (secondary N) is 2. The Morgan fingerprint density at radius 2 is 2.17 bits per heavy atom. The normalized spacial score (nSPS) is 24.3. The molecule has 1 atom stereocenters. The second-order valence-electron chi connectivity index (χ2n) is 5.03. The second kappa shape index (κ2) is 4.24. The molecule has 2 aromatic heterocycles. The van der Waals surface area contributed by atoms with Crippen molar-refractivity contribution in [3.8, 4) is 5.88 Å². The number of ether oxygens (including phenoxy) is 1. The summed E-state index contributed by atoms with van der Waals surface area (Å²) in [4.78, 5) is 12.3. The number of H-pyrrole nitrogens is 1. The summed E-state index contributed by atoms with van der Waals surface area (Å²) in [7, 11) is 1.62. The smallest absolute Gasteiger partial charge is 0.215 e. The minimum Gasteiger partial charge on any atom is -0.481 e. The van der Waals surface area contributed by atoms with Gasteiger partial charge in [0.1, 0.15) is 5.82 Å². The molecule has 5 heteroatoms. The molecule has 0 saturated carbocycles. The monoisotopic (exact) mass is 246 g/mol. The van der Waals surface area contributed by atoms with E-state index in [-0.39, 0.29) is 5.54 Å². The summed E-state index contributed by atoms with van der Waals surface area (Å²) in [6.07, 6.45) is 3.57. The third kappa shape index (κ3) is 1.84. The Morgan fingerprint density at radius 3 is 2.89 bits per heavy atom. The average Bonchev–Trinajstić information content (AvgIpc) is 2.83. The Kier molecular flexibility index (Phi) is 2.70. The van der Waals surface area contributed by atoms with E-state index in [1.807, 2.05) is 12.1 Å². The molecule has 3 rings (SSSR count). The number of hydrogen-bond donors (Lipinski definition) is 2. The summed E-state index contributed by atoms with van der Waals surface area (Å²) in [5, 5.41) is 3.55. The van der Waals surface area contributed by atoms with E-state index < -0.39 is 0 Å². The fourth-order valence-corrected chi connectivity index (χ4v) is 2.51. The molecule has 1 aliphatic heterocycles. The SMILES string of the molecule is COc1ccc2[nH]c(C3(C)CCCCN3)nc2n1. The number of rotatable bonds is 2. The predicted molar refractivity (Wildman–Crippen MR) is 69.6 cm³/mol. The number of piperidine rings is 1. The van der Waals surface area contributed by atoms with Crippen LogP contribution < -0.4 is 10.1 Å². The molecule has 1 unspecified atom stereocenters. The zero-order chi connectivity index (χ0) is 12.6. The average molecular weight is 246 g/mol. The van der Waals surface area contributed by atoms with Gasteiger partial charge in [0.05, 0.1) is 18.2 Å². The van der Waals surface area contributed by atoms with Gasteiger partial charge in [-0.25, -0.2) is 4.98 Å². The number of fused-ring (bicyclic) bond motifs is 1.